The molecule has 0 amide bonds. The van der Waals surface area contributed by atoms with Gasteiger partial charge in [0.2, 0.25) is 0 Å². The summed E-state index contributed by atoms with van der Waals surface area (Å²) in [5.74, 6) is -0.790. The van der Waals surface area contributed by atoms with Crippen LogP contribution >= 0.6 is 11.8 Å². The number of hydrogen-bond acceptors (Lipinski definition) is 6. The number of carbonyl (C=O) groups is 2. The van der Waals surface area contributed by atoms with Crippen molar-refractivity contribution in [2.75, 3.05) is 20.8 Å². The number of benzene rings is 2. The Morgan fingerprint density at radius 2 is 1.70 bits per heavy atom. The molecule has 0 aliphatic carbocycles. The van der Waals surface area contributed by atoms with Gasteiger partial charge in [-0.25, -0.2) is 0 Å². The van der Waals surface area contributed by atoms with Gasteiger partial charge in [-0.2, -0.15) is 0 Å². The van der Waals surface area contributed by atoms with Crippen LogP contribution in [0, 0.1) is 5.41 Å². The van der Waals surface area contributed by atoms with Gasteiger partial charge in [-0.05, 0) is 30.5 Å². The van der Waals surface area contributed by atoms with Crippen LogP contribution in [0.25, 0.3) is 5.70 Å². The summed E-state index contributed by atoms with van der Waals surface area (Å²) >= 11 is 1.54. The van der Waals surface area contributed by atoms with Crippen LogP contribution in [-0.2, 0) is 19.1 Å². The van der Waals surface area contributed by atoms with E-state index >= 15 is 0 Å². The van der Waals surface area contributed by atoms with Crippen molar-refractivity contribution in [2.24, 2.45) is 5.41 Å². The van der Waals surface area contributed by atoms with Crippen molar-refractivity contribution in [1.29, 1.82) is 0 Å². The van der Waals surface area contributed by atoms with Gasteiger partial charge in [0, 0.05) is 16.3 Å². The maximum Gasteiger partial charge on any atom is 0.319 e. The Morgan fingerprint density at radius 1 is 1.03 bits per heavy atom. The Balaban J connectivity index is 1.96. The van der Waals surface area contributed by atoms with E-state index in [-0.39, 0.29) is 18.4 Å². The van der Waals surface area contributed by atoms with Crippen LogP contribution in [0.1, 0.15) is 24.8 Å². The van der Waals surface area contributed by atoms with E-state index in [1.54, 1.807) is 11.8 Å². The van der Waals surface area contributed by atoms with Crippen molar-refractivity contribution in [3.05, 3.63) is 71.1 Å². The lowest BCUT2D eigenvalue weighted by Gasteiger charge is -2.34. The summed E-state index contributed by atoms with van der Waals surface area (Å²) in [5, 5.41) is 0. The topological polar surface area (TPSA) is 55.8 Å². The summed E-state index contributed by atoms with van der Waals surface area (Å²) in [6.07, 6.45) is 1.74. The van der Waals surface area contributed by atoms with E-state index in [2.05, 4.69) is 17.0 Å². The number of esters is 2. The number of methoxy groups -OCH3 is 2. The fourth-order valence-corrected chi connectivity index (χ4v) is 5.99. The third kappa shape index (κ3) is 3.39. The molecule has 2 heterocycles. The molecule has 2 aromatic carbocycles. The molecule has 30 heavy (non-hydrogen) atoms. The van der Waals surface area contributed by atoms with Crippen LogP contribution in [0.3, 0.4) is 0 Å². The fraction of sp³-hybridized carbons (Fsp3) is 0.333. The van der Waals surface area contributed by atoms with Gasteiger partial charge >= 0.3 is 11.9 Å². The van der Waals surface area contributed by atoms with Crippen molar-refractivity contribution >= 4 is 29.4 Å². The zero-order valence-electron chi connectivity index (χ0n) is 17.2. The third-order valence-electron chi connectivity index (χ3n) is 5.94. The van der Waals surface area contributed by atoms with Crippen LogP contribution in [0.2, 0.25) is 0 Å². The van der Waals surface area contributed by atoms with E-state index in [1.165, 1.54) is 14.2 Å². The molecule has 5 nitrogen and oxygen atoms in total. The molecule has 0 saturated carbocycles. The van der Waals surface area contributed by atoms with Crippen LogP contribution in [0.5, 0.6) is 0 Å². The van der Waals surface area contributed by atoms with Crippen molar-refractivity contribution in [3.8, 4) is 0 Å². The summed E-state index contributed by atoms with van der Waals surface area (Å²) < 4.78 is 10.3. The molecule has 1 unspecified atom stereocenters. The molecule has 1 saturated heterocycles. The molecule has 0 bridgehead atoms. The van der Waals surface area contributed by atoms with E-state index in [9.17, 15) is 9.59 Å². The number of rotatable bonds is 6. The minimum absolute atomic E-state index is 0.0388. The van der Waals surface area contributed by atoms with Gasteiger partial charge in [0.15, 0.2) is 0 Å². The Kier molecular flexibility index (Phi) is 5.86. The van der Waals surface area contributed by atoms with E-state index < -0.39 is 11.4 Å². The molecule has 2 aliphatic heterocycles. The molecule has 0 N–H and O–H groups in total. The number of carbonyl (C=O) groups excluding carboxylic acids is 2. The van der Waals surface area contributed by atoms with Gasteiger partial charge in [0.1, 0.15) is 5.41 Å². The SMILES string of the molecule is COC(=O)C[C@]1(C(=O)OC)C(Sc2ccccc2)=C(c2ccccc2)N2CCCC21. The normalized spacial score (nSPS) is 22.7. The number of hydrogen-bond donors (Lipinski definition) is 0. The minimum atomic E-state index is -1.09. The zero-order chi connectivity index (χ0) is 21.1. The molecular weight excluding hydrogens is 398 g/mol. The van der Waals surface area contributed by atoms with Crippen molar-refractivity contribution in [2.45, 2.75) is 30.2 Å². The van der Waals surface area contributed by atoms with Crippen LogP contribution in [0.15, 0.2) is 70.5 Å². The summed E-state index contributed by atoms with van der Waals surface area (Å²) in [6, 6.07) is 19.9. The smallest absolute Gasteiger partial charge is 0.319 e. The van der Waals surface area contributed by atoms with Crippen LogP contribution < -0.4 is 0 Å². The monoisotopic (exact) mass is 423 g/mol. The predicted octanol–water partition coefficient (Wildman–Crippen LogP) is 4.35. The Morgan fingerprint density at radius 3 is 2.33 bits per heavy atom. The lowest BCUT2D eigenvalue weighted by Crippen LogP contribution is -2.46. The van der Waals surface area contributed by atoms with Gasteiger partial charge in [-0.1, -0.05) is 60.3 Å². The molecule has 0 spiro atoms. The minimum Gasteiger partial charge on any atom is -0.469 e. The predicted molar refractivity (Wildman–Crippen MR) is 116 cm³/mol. The van der Waals surface area contributed by atoms with Gasteiger partial charge < -0.3 is 14.4 Å². The molecule has 156 valence electrons. The average molecular weight is 424 g/mol. The molecule has 2 aliphatic rings. The third-order valence-corrected chi connectivity index (χ3v) is 7.21. The molecule has 0 radical (unpaired) electrons. The molecule has 2 aromatic rings. The molecule has 6 heteroatoms. The summed E-state index contributed by atoms with van der Waals surface area (Å²) in [7, 11) is 2.76. The largest absolute Gasteiger partial charge is 0.469 e. The van der Waals surface area contributed by atoms with Gasteiger partial charge in [-0.15, -0.1) is 0 Å². The van der Waals surface area contributed by atoms with Crippen molar-refractivity contribution in [3.63, 3.8) is 0 Å². The fourth-order valence-electron chi connectivity index (χ4n) is 4.66. The van der Waals surface area contributed by atoms with E-state index in [0.29, 0.717) is 0 Å². The average Bonchev–Trinajstić information content (AvgIpc) is 3.36. The van der Waals surface area contributed by atoms with Gasteiger partial charge in [-0.3, -0.25) is 9.59 Å². The molecule has 0 aromatic heterocycles. The van der Waals surface area contributed by atoms with E-state index in [1.807, 2.05) is 48.5 Å². The Hall–Kier alpha value is -2.73. The first-order chi connectivity index (χ1) is 14.6. The number of nitrogens with zero attached hydrogens (tertiary/aromatic N) is 1. The highest BCUT2D eigenvalue weighted by Gasteiger charge is 2.61. The second-order valence-corrected chi connectivity index (χ2v) is 8.61. The van der Waals surface area contributed by atoms with E-state index in [0.717, 1.165) is 40.4 Å². The maximum absolute atomic E-state index is 13.4. The lowest BCUT2D eigenvalue weighted by molar-refractivity contribution is -0.158. The molecular formula is C24H25NO4S. The Labute approximate surface area is 181 Å². The summed E-state index contributed by atoms with van der Waals surface area (Å²) in [5.41, 5.74) is 0.962. The first-order valence-electron chi connectivity index (χ1n) is 10.1. The Bertz CT molecular complexity index is 960. The lowest BCUT2D eigenvalue weighted by atomic mass is 9.77. The van der Waals surface area contributed by atoms with E-state index in [4.69, 9.17) is 9.47 Å². The van der Waals surface area contributed by atoms with Gasteiger partial charge in [0.25, 0.3) is 0 Å². The quantitative estimate of drug-likeness (QED) is 0.644. The maximum atomic E-state index is 13.4. The number of thioether (sulfide) groups is 1. The molecule has 2 atom stereocenters. The van der Waals surface area contributed by atoms with Crippen LogP contribution in [-0.4, -0.2) is 43.6 Å². The molecule has 4 rings (SSSR count). The number of fused-ring (bicyclic) bond motifs is 1. The summed E-state index contributed by atoms with van der Waals surface area (Å²) in [4.78, 5) is 30.1. The zero-order valence-corrected chi connectivity index (χ0v) is 18.0. The van der Waals surface area contributed by atoms with Crippen LogP contribution in [0.4, 0.5) is 0 Å². The highest BCUT2D eigenvalue weighted by atomic mass is 32.2. The van der Waals surface area contributed by atoms with Crippen molar-refractivity contribution in [1.82, 2.24) is 4.90 Å². The second-order valence-electron chi connectivity index (χ2n) is 7.53. The molecule has 1 fully saturated rings. The summed E-state index contributed by atoms with van der Waals surface area (Å²) in [6.45, 7) is 0.841. The first kappa shape index (κ1) is 20.5. The second kappa shape index (κ2) is 8.56. The van der Waals surface area contributed by atoms with Gasteiger partial charge in [0.05, 0.1) is 32.4 Å². The standard InChI is InChI=1S/C24H25NO4S/c1-28-20(26)16-24(23(27)29-2)19-14-9-15-25(19)21(17-10-5-3-6-11-17)22(24)30-18-12-7-4-8-13-18/h3-8,10-13,19H,9,14-16H2,1-2H3/t19?,24-/m1/s1. The number of ether oxygens (including phenoxy) is 2. The first-order valence-corrected chi connectivity index (χ1v) is 10.9. The highest BCUT2D eigenvalue weighted by Crippen LogP contribution is 2.59. The van der Waals surface area contributed by atoms with Crippen molar-refractivity contribution < 1.29 is 19.1 Å². The highest BCUT2D eigenvalue weighted by molar-refractivity contribution is 8.03.